The van der Waals surface area contributed by atoms with E-state index in [0.717, 1.165) is 10.9 Å². The van der Waals surface area contributed by atoms with E-state index in [2.05, 4.69) is 0 Å². The first-order chi connectivity index (χ1) is 7.65. The molecule has 0 saturated heterocycles. The predicted molar refractivity (Wildman–Crippen MR) is 64.0 cm³/mol. The number of rotatable bonds is 2. The number of fused-ring (bicyclic) bond motifs is 1. The molecule has 0 spiro atoms. The summed E-state index contributed by atoms with van der Waals surface area (Å²) in [6.45, 7) is 3.87. The van der Waals surface area contributed by atoms with Crippen LogP contribution in [0.15, 0.2) is 35.1 Å². The van der Waals surface area contributed by atoms with E-state index in [-0.39, 0.29) is 17.2 Å². The van der Waals surface area contributed by atoms with E-state index in [1.54, 1.807) is 10.6 Å². The Bertz CT molecular complexity index is 596. The molecule has 0 saturated carbocycles. The Balaban J connectivity index is 2.97. The molecule has 16 heavy (non-hydrogen) atoms. The number of para-hydroxylation sites is 1. The Morgan fingerprint density at radius 1 is 1.25 bits per heavy atom. The maximum Gasteiger partial charge on any atom is 0.261 e. The van der Waals surface area contributed by atoms with E-state index in [4.69, 9.17) is 0 Å². The van der Waals surface area contributed by atoms with Crippen molar-refractivity contribution < 1.29 is 4.79 Å². The summed E-state index contributed by atoms with van der Waals surface area (Å²) in [5.41, 5.74) is 0.865. The van der Waals surface area contributed by atoms with E-state index >= 15 is 0 Å². The Morgan fingerprint density at radius 3 is 2.56 bits per heavy atom. The van der Waals surface area contributed by atoms with Crippen molar-refractivity contribution in [2.24, 2.45) is 0 Å². The van der Waals surface area contributed by atoms with E-state index < -0.39 is 0 Å². The maximum atomic E-state index is 12.0. The van der Waals surface area contributed by atoms with Crippen molar-refractivity contribution in [3.05, 3.63) is 46.2 Å². The average molecular weight is 215 g/mol. The second-order valence-corrected chi connectivity index (χ2v) is 4.05. The first-order valence-corrected chi connectivity index (χ1v) is 5.24. The highest BCUT2D eigenvalue weighted by Crippen LogP contribution is 2.16. The SMILES string of the molecule is CC(C)n1c(=O)c(C=O)cc2ccccc21. The van der Waals surface area contributed by atoms with Gasteiger partial charge in [0.2, 0.25) is 0 Å². The lowest BCUT2D eigenvalue weighted by atomic mass is 10.1. The molecule has 1 aromatic carbocycles. The van der Waals surface area contributed by atoms with Crippen LogP contribution in [0.1, 0.15) is 30.2 Å². The average Bonchev–Trinajstić information content (AvgIpc) is 2.27. The van der Waals surface area contributed by atoms with Crippen LogP contribution >= 0.6 is 0 Å². The van der Waals surface area contributed by atoms with Crippen LogP contribution in [-0.4, -0.2) is 10.9 Å². The zero-order chi connectivity index (χ0) is 11.7. The number of carbonyl (C=O) groups excluding carboxylic acids is 1. The van der Waals surface area contributed by atoms with Gasteiger partial charge in [0.15, 0.2) is 6.29 Å². The van der Waals surface area contributed by atoms with Crippen molar-refractivity contribution >= 4 is 17.2 Å². The smallest absolute Gasteiger partial charge is 0.261 e. The molecule has 0 aliphatic rings. The Hall–Kier alpha value is -1.90. The van der Waals surface area contributed by atoms with Crippen LogP contribution in [0.5, 0.6) is 0 Å². The quantitative estimate of drug-likeness (QED) is 0.721. The molecule has 2 aromatic rings. The van der Waals surface area contributed by atoms with Gasteiger partial charge in [-0.25, -0.2) is 0 Å². The second-order valence-electron chi connectivity index (χ2n) is 4.05. The Kier molecular flexibility index (Phi) is 2.60. The van der Waals surface area contributed by atoms with Gasteiger partial charge in [0.25, 0.3) is 5.56 Å². The molecule has 0 aliphatic heterocycles. The van der Waals surface area contributed by atoms with Gasteiger partial charge in [-0.15, -0.1) is 0 Å². The van der Waals surface area contributed by atoms with E-state index in [9.17, 15) is 9.59 Å². The summed E-state index contributed by atoms with van der Waals surface area (Å²) >= 11 is 0. The molecule has 0 amide bonds. The molecule has 0 N–H and O–H groups in total. The largest absolute Gasteiger partial charge is 0.305 e. The van der Waals surface area contributed by atoms with Gasteiger partial charge in [0.05, 0.1) is 11.1 Å². The van der Waals surface area contributed by atoms with Crippen LogP contribution in [0.2, 0.25) is 0 Å². The summed E-state index contributed by atoms with van der Waals surface area (Å²) in [5.74, 6) is 0. The fourth-order valence-electron chi connectivity index (χ4n) is 1.90. The van der Waals surface area contributed by atoms with Crippen LogP contribution in [0.3, 0.4) is 0 Å². The Morgan fingerprint density at radius 2 is 1.94 bits per heavy atom. The molecular formula is C13H13NO2. The van der Waals surface area contributed by atoms with Gasteiger partial charge in [-0.3, -0.25) is 9.59 Å². The highest BCUT2D eigenvalue weighted by atomic mass is 16.1. The molecule has 0 radical (unpaired) electrons. The zero-order valence-electron chi connectivity index (χ0n) is 9.31. The third kappa shape index (κ3) is 1.54. The number of pyridine rings is 1. The minimum Gasteiger partial charge on any atom is -0.305 e. The summed E-state index contributed by atoms with van der Waals surface area (Å²) in [4.78, 5) is 22.8. The number of hydrogen-bond acceptors (Lipinski definition) is 2. The molecular weight excluding hydrogens is 202 g/mol. The molecule has 0 unspecified atom stereocenters. The standard InChI is InChI=1S/C13H13NO2/c1-9(2)14-12-6-4-3-5-10(12)7-11(8-15)13(14)16/h3-9H,1-2H3. The fourth-order valence-corrected chi connectivity index (χ4v) is 1.90. The summed E-state index contributed by atoms with van der Waals surface area (Å²) in [6, 6.07) is 9.26. The predicted octanol–water partition coefficient (Wildman–Crippen LogP) is 2.39. The monoisotopic (exact) mass is 215 g/mol. The fraction of sp³-hybridized carbons (Fsp3) is 0.231. The lowest BCUT2D eigenvalue weighted by molar-refractivity contribution is 0.112. The van der Waals surface area contributed by atoms with Crippen LogP contribution in [0, 0.1) is 0 Å². The third-order valence-corrected chi connectivity index (χ3v) is 2.62. The number of hydrogen-bond donors (Lipinski definition) is 0. The van der Waals surface area contributed by atoms with E-state index in [0.29, 0.717) is 6.29 Å². The maximum absolute atomic E-state index is 12.0. The van der Waals surface area contributed by atoms with Crippen molar-refractivity contribution in [3.8, 4) is 0 Å². The third-order valence-electron chi connectivity index (χ3n) is 2.62. The van der Waals surface area contributed by atoms with E-state index in [1.165, 1.54) is 0 Å². The van der Waals surface area contributed by atoms with Crippen LogP contribution < -0.4 is 5.56 Å². The molecule has 3 nitrogen and oxygen atoms in total. The highest BCUT2D eigenvalue weighted by Gasteiger charge is 2.10. The molecule has 0 fully saturated rings. The Labute approximate surface area is 93.3 Å². The zero-order valence-corrected chi connectivity index (χ0v) is 9.31. The molecule has 1 aromatic heterocycles. The summed E-state index contributed by atoms with van der Waals surface area (Å²) < 4.78 is 1.65. The number of aromatic nitrogens is 1. The molecule has 1 heterocycles. The van der Waals surface area contributed by atoms with Crippen molar-refractivity contribution in [1.82, 2.24) is 4.57 Å². The molecule has 0 aliphatic carbocycles. The molecule has 0 atom stereocenters. The lowest BCUT2D eigenvalue weighted by Gasteiger charge is -2.14. The number of aldehydes is 1. The van der Waals surface area contributed by atoms with Crippen molar-refractivity contribution in [2.45, 2.75) is 19.9 Å². The van der Waals surface area contributed by atoms with Gasteiger partial charge >= 0.3 is 0 Å². The summed E-state index contributed by atoms with van der Waals surface area (Å²) in [6.07, 6.45) is 0.619. The first kappa shape index (κ1) is 10.6. The van der Waals surface area contributed by atoms with Crippen molar-refractivity contribution in [1.29, 1.82) is 0 Å². The number of carbonyl (C=O) groups is 1. The molecule has 2 rings (SSSR count). The molecule has 3 heteroatoms. The molecule has 0 bridgehead atoms. The van der Waals surface area contributed by atoms with Crippen LogP contribution in [-0.2, 0) is 0 Å². The summed E-state index contributed by atoms with van der Waals surface area (Å²) in [5, 5.41) is 0.915. The number of benzene rings is 1. The first-order valence-electron chi connectivity index (χ1n) is 5.24. The minimum absolute atomic E-state index is 0.0392. The van der Waals surface area contributed by atoms with Gasteiger partial charge in [0.1, 0.15) is 0 Å². The topological polar surface area (TPSA) is 39.1 Å². The van der Waals surface area contributed by atoms with Crippen molar-refractivity contribution in [2.75, 3.05) is 0 Å². The van der Waals surface area contributed by atoms with Gasteiger partial charge < -0.3 is 4.57 Å². The second kappa shape index (κ2) is 3.93. The summed E-state index contributed by atoms with van der Waals surface area (Å²) in [7, 11) is 0. The highest BCUT2D eigenvalue weighted by molar-refractivity contribution is 5.86. The van der Waals surface area contributed by atoms with Crippen LogP contribution in [0.25, 0.3) is 10.9 Å². The lowest BCUT2D eigenvalue weighted by Crippen LogP contribution is -2.25. The minimum atomic E-state index is -0.219. The van der Waals surface area contributed by atoms with E-state index in [1.807, 2.05) is 38.1 Å². The number of nitrogens with zero attached hydrogens (tertiary/aromatic N) is 1. The van der Waals surface area contributed by atoms with Crippen molar-refractivity contribution in [3.63, 3.8) is 0 Å². The van der Waals surface area contributed by atoms with Gasteiger partial charge in [-0.2, -0.15) is 0 Å². The van der Waals surface area contributed by atoms with Gasteiger partial charge in [-0.05, 0) is 31.4 Å². The van der Waals surface area contributed by atoms with Gasteiger partial charge in [0, 0.05) is 6.04 Å². The normalized spacial score (nSPS) is 10.9. The van der Waals surface area contributed by atoms with Crippen LogP contribution in [0.4, 0.5) is 0 Å². The molecule has 82 valence electrons. The van der Waals surface area contributed by atoms with Gasteiger partial charge in [-0.1, -0.05) is 18.2 Å².